The summed E-state index contributed by atoms with van der Waals surface area (Å²) in [6.07, 6.45) is 1.26. The molecule has 0 spiro atoms. The number of halogens is 3. The van der Waals surface area contributed by atoms with Crippen LogP contribution in [0.5, 0.6) is 0 Å². The van der Waals surface area contributed by atoms with Gasteiger partial charge in [-0.15, -0.1) is 0 Å². The first-order valence-electron chi connectivity index (χ1n) is 4.82. The number of pyridine rings is 1. The van der Waals surface area contributed by atoms with Crippen LogP contribution in [0.4, 0.5) is 4.39 Å². The van der Waals surface area contributed by atoms with Gasteiger partial charge in [-0.2, -0.15) is 0 Å². The molecular formula is C12H6Cl2FNO2. The number of carboxylic acids is 1. The Kier molecular flexibility index (Phi) is 3.50. The molecule has 1 aromatic carbocycles. The monoisotopic (exact) mass is 285 g/mol. The third-order valence-corrected chi connectivity index (χ3v) is 2.68. The van der Waals surface area contributed by atoms with Gasteiger partial charge in [-0.25, -0.2) is 14.2 Å². The number of hydrogen-bond donors (Lipinski definition) is 1. The lowest BCUT2D eigenvalue weighted by Crippen LogP contribution is -2.03. The molecule has 3 nitrogen and oxygen atoms in total. The molecule has 0 unspecified atom stereocenters. The molecule has 0 bridgehead atoms. The molecule has 1 N–H and O–H groups in total. The van der Waals surface area contributed by atoms with E-state index in [-0.39, 0.29) is 0 Å². The van der Waals surface area contributed by atoms with Crippen molar-refractivity contribution in [1.29, 1.82) is 0 Å². The summed E-state index contributed by atoms with van der Waals surface area (Å²) in [5.74, 6) is -2.32. The van der Waals surface area contributed by atoms with E-state index >= 15 is 0 Å². The van der Waals surface area contributed by atoms with E-state index in [0.717, 1.165) is 6.07 Å². The van der Waals surface area contributed by atoms with Gasteiger partial charge in [-0.05, 0) is 29.8 Å². The van der Waals surface area contributed by atoms with E-state index in [1.54, 1.807) is 18.2 Å². The van der Waals surface area contributed by atoms with Gasteiger partial charge in [0.1, 0.15) is 0 Å². The number of hydrogen-bond acceptors (Lipinski definition) is 2. The third-order valence-electron chi connectivity index (χ3n) is 2.24. The number of rotatable bonds is 2. The lowest BCUT2D eigenvalue weighted by molar-refractivity contribution is 0.0685. The van der Waals surface area contributed by atoms with E-state index in [4.69, 9.17) is 28.3 Å². The average Bonchev–Trinajstić information content (AvgIpc) is 2.26. The first kappa shape index (κ1) is 12.8. The normalized spacial score (nSPS) is 10.4. The fourth-order valence-corrected chi connectivity index (χ4v) is 2.00. The number of aromatic carboxylic acids is 1. The quantitative estimate of drug-likeness (QED) is 0.911. The summed E-state index contributed by atoms with van der Waals surface area (Å²) in [4.78, 5) is 14.2. The summed E-state index contributed by atoms with van der Waals surface area (Å²) in [5.41, 5.74) is 0.351. The fourth-order valence-electron chi connectivity index (χ4n) is 1.47. The molecule has 0 radical (unpaired) electrons. The van der Waals surface area contributed by atoms with Gasteiger partial charge in [0, 0.05) is 21.8 Å². The Morgan fingerprint density at radius 2 is 1.72 bits per heavy atom. The van der Waals surface area contributed by atoms with Crippen molar-refractivity contribution in [3.8, 4) is 11.1 Å². The molecule has 0 aliphatic carbocycles. The highest BCUT2D eigenvalue weighted by Crippen LogP contribution is 2.27. The van der Waals surface area contributed by atoms with Gasteiger partial charge in [0.05, 0.1) is 0 Å². The van der Waals surface area contributed by atoms with Crippen LogP contribution < -0.4 is 0 Å². The zero-order valence-electron chi connectivity index (χ0n) is 8.82. The highest BCUT2D eigenvalue weighted by Gasteiger charge is 2.13. The van der Waals surface area contributed by atoms with Crippen LogP contribution in [0.1, 0.15) is 10.5 Å². The summed E-state index contributed by atoms with van der Waals surface area (Å²) < 4.78 is 13.5. The molecule has 0 saturated carbocycles. The fraction of sp³-hybridized carbons (Fsp3) is 0. The van der Waals surface area contributed by atoms with E-state index in [1.807, 2.05) is 0 Å². The van der Waals surface area contributed by atoms with Crippen LogP contribution in [-0.4, -0.2) is 16.1 Å². The van der Waals surface area contributed by atoms with E-state index < -0.39 is 17.5 Å². The van der Waals surface area contributed by atoms with Crippen LogP contribution >= 0.6 is 23.2 Å². The molecular weight excluding hydrogens is 280 g/mol. The van der Waals surface area contributed by atoms with Crippen LogP contribution in [0.25, 0.3) is 11.1 Å². The standard InChI is InChI=1S/C12H6Cl2FNO2/c13-8-1-6(2-9(14)4-8)7-3-10(15)11(12(17)18)16-5-7/h1-5H,(H,17,18). The van der Waals surface area contributed by atoms with Gasteiger partial charge in [0.2, 0.25) is 0 Å². The van der Waals surface area contributed by atoms with Crippen molar-refractivity contribution < 1.29 is 14.3 Å². The van der Waals surface area contributed by atoms with Crippen molar-refractivity contribution in [2.45, 2.75) is 0 Å². The Morgan fingerprint density at radius 1 is 1.11 bits per heavy atom. The second-order valence-corrected chi connectivity index (χ2v) is 4.39. The van der Waals surface area contributed by atoms with Gasteiger partial charge in [-0.1, -0.05) is 23.2 Å². The maximum atomic E-state index is 13.5. The second-order valence-electron chi connectivity index (χ2n) is 3.52. The Balaban J connectivity index is 2.52. The summed E-state index contributed by atoms with van der Waals surface area (Å²) in [6.45, 7) is 0. The number of benzene rings is 1. The smallest absolute Gasteiger partial charge is 0.357 e. The molecule has 92 valence electrons. The minimum atomic E-state index is -1.41. The van der Waals surface area contributed by atoms with Crippen LogP contribution in [0.15, 0.2) is 30.5 Å². The van der Waals surface area contributed by atoms with E-state index in [0.29, 0.717) is 21.2 Å². The van der Waals surface area contributed by atoms with Crippen molar-refractivity contribution in [3.63, 3.8) is 0 Å². The molecule has 0 aliphatic rings. The maximum absolute atomic E-state index is 13.5. The molecule has 0 amide bonds. The second kappa shape index (κ2) is 4.92. The van der Waals surface area contributed by atoms with Crippen LogP contribution in [0, 0.1) is 5.82 Å². The Labute approximate surface area is 112 Å². The summed E-state index contributed by atoms with van der Waals surface area (Å²) in [6, 6.07) is 5.80. The SMILES string of the molecule is O=C(O)c1ncc(-c2cc(Cl)cc(Cl)c2)cc1F. The van der Waals surface area contributed by atoms with Crippen LogP contribution in [-0.2, 0) is 0 Å². The van der Waals surface area contributed by atoms with E-state index in [1.165, 1.54) is 6.20 Å². The Morgan fingerprint density at radius 3 is 2.22 bits per heavy atom. The van der Waals surface area contributed by atoms with Crippen molar-refractivity contribution in [2.75, 3.05) is 0 Å². The summed E-state index contributed by atoms with van der Waals surface area (Å²) in [5, 5.41) is 9.48. The first-order chi connectivity index (χ1) is 8.47. The Hall–Kier alpha value is -1.65. The lowest BCUT2D eigenvalue weighted by Gasteiger charge is -2.04. The van der Waals surface area contributed by atoms with Gasteiger partial charge in [-0.3, -0.25) is 0 Å². The number of nitrogens with zero attached hydrogens (tertiary/aromatic N) is 1. The minimum Gasteiger partial charge on any atom is -0.476 e. The van der Waals surface area contributed by atoms with Gasteiger partial charge < -0.3 is 5.11 Å². The molecule has 6 heteroatoms. The molecule has 0 saturated heterocycles. The molecule has 18 heavy (non-hydrogen) atoms. The number of carbonyl (C=O) groups is 1. The van der Waals surface area contributed by atoms with Gasteiger partial charge >= 0.3 is 5.97 Å². The topological polar surface area (TPSA) is 50.2 Å². The predicted octanol–water partition coefficient (Wildman–Crippen LogP) is 3.89. The zero-order chi connectivity index (χ0) is 13.3. The molecule has 0 atom stereocenters. The van der Waals surface area contributed by atoms with Crippen molar-refractivity contribution in [1.82, 2.24) is 4.98 Å². The van der Waals surface area contributed by atoms with Crippen molar-refractivity contribution >= 4 is 29.2 Å². The first-order valence-corrected chi connectivity index (χ1v) is 5.58. The van der Waals surface area contributed by atoms with E-state index in [9.17, 15) is 9.18 Å². The maximum Gasteiger partial charge on any atom is 0.357 e. The molecule has 0 fully saturated rings. The molecule has 1 aromatic heterocycles. The average molecular weight is 286 g/mol. The number of aromatic nitrogens is 1. The Bertz CT molecular complexity index is 611. The highest BCUT2D eigenvalue weighted by molar-refractivity contribution is 6.35. The molecule has 1 heterocycles. The van der Waals surface area contributed by atoms with Gasteiger partial charge in [0.25, 0.3) is 0 Å². The summed E-state index contributed by atoms with van der Waals surface area (Å²) in [7, 11) is 0. The highest BCUT2D eigenvalue weighted by atomic mass is 35.5. The largest absolute Gasteiger partial charge is 0.476 e. The minimum absolute atomic E-state index is 0.403. The third kappa shape index (κ3) is 2.60. The molecule has 0 aliphatic heterocycles. The summed E-state index contributed by atoms with van der Waals surface area (Å²) >= 11 is 11.7. The molecule has 2 aromatic rings. The van der Waals surface area contributed by atoms with Crippen molar-refractivity contribution in [2.24, 2.45) is 0 Å². The molecule has 2 rings (SSSR count). The van der Waals surface area contributed by atoms with Crippen molar-refractivity contribution in [3.05, 3.63) is 52.0 Å². The van der Waals surface area contributed by atoms with Gasteiger partial charge in [0.15, 0.2) is 11.5 Å². The van der Waals surface area contributed by atoms with Crippen LogP contribution in [0.2, 0.25) is 10.0 Å². The zero-order valence-corrected chi connectivity index (χ0v) is 10.3. The lowest BCUT2D eigenvalue weighted by atomic mass is 10.1. The predicted molar refractivity (Wildman–Crippen MR) is 66.6 cm³/mol. The van der Waals surface area contributed by atoms with Crippen LogP contribution in [0.3, 0.4) is 0 Å². The number of carboxylic acid groups (broad SMARTS) is 1. The van der Waals surface area contributed by atoms with E-state index in [2.05, 4.69) is 4.98 Å².